The van der Waals surface area contributed by atoms with Gasteiger partial charge in [-0.15, -0.1) is 0 Å². The Kier molecular flexibility index (Phi) is 2.81. The maximum absolute atomic E-state index is 5.35. The summed E-state index contributed by atoms with van der Waals surface area (Å²) in [5.74, 6) is 0.881. The van der Waals surface area contributed by atoms with Crippen molar-refractivity contribution in [2.24, 2.45) is 0 Å². The highest BCUT2D eigenvalue weighted by atomic mass is 16.5. The number of rotatable bonds is 2. The van der Waals surface area contributed by atoms with Crippen LogP contribution in [0.15, 0.2) is 48.5 Å². The standard InChI is InChI=1S/C15H16N2O/c1-18-14-9-5-8-12-15(14)16-10-13(17-12)11-6-3-2-4-7-11/h2-9,13,16-17H,10H2,1H3. The predicted octanol–water partition coefficient (Wildman–Crippen LogP) is 3.27. The van der Waals surface area contributed by atoms with E-state index in [1.165, 1.54) is 5.56 Å². The highest BCUT2D eigenvalue weighted by molar-refractivity contribution is 5.77. The highest BCUT2D eigenvalue weighted by Crippen LogP contribution is 2.37. The maximum atomic E-state index is 5.35. The van der Waals surface area contributed by atoms with Crippen LogP contribution >= 0.6 is 0 Å². The molecular weight excluding hydrogens is 224 g/mol. The molecule has 1 unspecified atom stereocenters. The number of anilines is 2. The minimum atomic E-state index is 0.297. The molecule has 3 rings (SSSR count). The number of ether oxygens (including phenoxy) is 1. The smallest absolute Gasteiger partial charge is 0.144 e. The van der Waals surface area contributed by atoms with Gasteiger partial charge in [-0.2, -0.15) is 0 Å². The van der Waals surface area contributed by atoms with E-state index in [2.05, 4.69) is 41.0 Å². The van der Waals surface area contributed by atoms with Crippen LogP contribution in [-0.4, -0.2) is 13.7 Å². The summed E-state index contributed by atoms with van der Waals surface area (Å²) in [7, 11) is 1.70. The van der Waals surface area contributed by atoms with E-state index in [9.17, 15) is 0 Å². The molecule has 1 aliphatic heterocycles. The molecule has 1 aliphatic rings. The number of nitrogens with one attached hydrogen (secondary N) is 2. The van der Waals surface area contributed by atoms with Gasteiger partial charge in [0.15, 0.2) is 0 Å². The van der Waals surface area contributed by atoms with Crippen molar-refractivity contribution < 1.29 is 4.74 Å². The third-order valence-corrected chi connectivity index (χ3v) is 3.26. The van der Waals surface area contributed by atoms with Gasteiger partial charge in [0.05, 0.1) is 18.8 Å². The van der Waals surface area contributed by atoms with Gasteiger partial charge in [0.2, 0.25) is 0 Å². The van der Waals surface area contributed by atoms with E-state index in [-0.39, 0.29) is 0 Å². The Labute approximate surface area is 107 Å². The monoisotopic (exact) mass is 240 g/mol. The zero-order chi connectivity index (χ0) is 12.4. The molecular formula is C15H16N2O. The van der Waals surface area contributed by atoms with Gasteiger partial charge in [-0.3, -0.25) is 0 Å². The molecule has 0 radical (unpaired) electrons. The van der Waals surface area contributed by atoms with Gasteiger partial charge in [0, 0.05) is 6.54 Å². The van der Waals surface area contributed by atoms with Crippen LogP contribution in [0.25, 0.3) is 0 Å². The molecule has 3 heteroatoms. The van der Waals surface area contributed by atoms with Gasteiger partial charge in [-0.05, 0) is 17.7 Å². The number of methoxy groups -OCH3 is 1. The molecule has 3 nitrogen and oxygen atoms in total. The second kappa shape index (κ2) is 4.61. The van der Waals surface area contributed by atoms with E-state index in [1.807, 2.05) is 18.2 Å². The fraction of sp³-hybridized carbons (Fsp3) is 0.200. The fourth-order valence-electron chi connectivity index (χ4n) is 2.33. The van der Waals surface area contributed by atoms with Gasteiger partial charge in [-0.1, -0.05) is 36.4 Å². The molecule has 0 saturated heterocycles. The van der Waals surface area contributed by atoms with Crippen molar-refractivity contribution in [3.63, 3.8) is 0 Å². The van der Waals surface area contributed by atoms with Crippen LogP contribution in [0.2, 0.25) is 0 Å². The molecule has 2 aromatic rings. The molecule has 0 bridgehead atoms. The Morgan fingerprint density at radius 1 is 1.06 bits per heavy atom. The van der Waals surface area contributed by atoms with E-state index >= 15 is 0 Å². The first kappa shape index (κ1) is 11.0. The number of fused-ring (bicyclic) bond motifs is 1. The number of hydrogen-bond acceptors (Lipinski definition) is 3. The van der Waals surface area contributed by atoms with E-state index < -0.39 is 0 Å². The van der Waals surface area contributed by atoms with E-state index in [0.29, 0.717) is 6.04 Å². The number of benzene rings is 2. The molecule has 1 heterocycles. The van der Waals surface area contributed by atoms with E-state index in [4.69, 9.17) is 4.74 Å². The Morgan fingerprint density at radius 2 is 1.89 bits per heavy atom. The first-order chi connectivity index (χ1) is 8.88. The summed E-state index contributed by atoms with van der Waals surface area (Å²) in [6.07, 6.45) is 0. The molecule has 2 aromatic carbocycles. The summed E-state index contributed by atoms with van der Waals surface area (Å²) in [6, 6.07) is 16.8. The molecule has 92 valence electrons. The second-order valence-corrected chi connectivity index (χ2v) is 4.37. The number of para-hydroxylation sites is 1. The van der Waals surface area contributed by atoms with Crippen LogP contribution in [0.4, 0.5) is 11.4 Å². The average molecular weight is 240 g/mol. The van der Waals surface area contributed by atoms with E-state index in [0.717, 1.165) is 23.7 Å². The van der Waals surface area contributed by atoms with Crippen LogP contribution in [0, 0.1) is 0 Å². The Bertz CT molecular complexity index is 539. The summed E-state index contributed by atoms with van der Waals surface area (Å²) in [4.78, 5) is 0. The molecule has 0 aromatic heterocycles. The Hall–Kier alpha value is -2.16. The second-order valence-electron chi connectivity index (χ2n) is 4.37. The van der Waals surface area contributed by atoms with Crippen LogP contribution in [0.5, 0.6) is 5.75 Å². The third-order valence-electron chi connectivity index (χ3n) is 3.26. The lowest BCUT2D eigenvalue weighted by Crippen LogP contribution is -2.26. The van der Waals surface area contributed by atoms with Crippen molar-refractivity contribution in [2.75, 3.05) is 24.3 Å². The lowest BCUT2D eigenvalue weighted by atomic mass is 10.0. The average Bonchev–Trinajstić information content (AvgIpc) is 2.47. The summed E-state index contributed by atoms with van der Waals surface area (Å²) in [6.45, 7) is 0.859. The molecule has 0 fully saturated rings. The Morgan fingerprint density at radius 3 is 2.67 bits per heavy atom. The zero-order valence-corrected chi connectivity index (χ0v) is 10.3. The topological polar surface area (TPSA) is 33.3 Å². The number of hydrogen-bond donors (Lipinski definition) is 2. The maximum Gasteiger partial charge on any atom is 0.144 e. The van der Waals surface area contributed by atoms with Crippen molar-refractivity contribution in [1.82, 2.24) is 0 Å². The minimum Gasteiger partial charge on any atom is -0.495 e. The largest absolute Gasteiger partial charge is 0.495 e. The summed E-state index contributed by atoms with van der Waals surface area (Å²) < 4.78 is 5.35. The third kappa shape index (κ3) is 1.88. The first-order valence-electron chi connectivity index (χ1n) is 6.11. The van der Waals surface area contributed by atoms with Crippen molar-refractivity contribution in [1.29, 1.82) is 0 Å². The summed E-state index contributed by atoms with van der Waals surface area (Å²) in [5, 5.41) is 6.99. The van der Waals surface area contributed by atoms with Crippen LogP contribution < -0.4 is 15.4 Å². The molecule has 18 heavy (non-hydrogen) atoms. The van der Waals surface area contributed by atoms with Crippen LogP contribution in [0.1, 0.15) is 11.6 Å². The quantitative estimate of drug-likeness (QED) is 0.845. The van der Waals surface area contributed by atoms with Crippen molar-refractivity contribution >= 4 is 11.4 Å². The van der Waals surface area contributed by atoms with Crippen LogP contribution in [0.3, 0.4) is 0 Å². The van der Waals surface area contributed by atoms with Gasteiger partial charge >= 0.3 is 0 Å². The van der Waals surface area contributed by atoms with Gasteiger partial charge in [0.1, 0.15) is 11.4 Å². The lowest BCUT2D eigenvalue weighted by Gasteiger charge is -2.29. The molecule has 2 N–H and O–H groups in total. The minimum absolute atomic E-state index is 0.297. The highest BCUT2D eigenvalue weighted by Gasteiger charge is 2.20. The SMILES string of the molecule is COc1cccc2c1NCC(c1ccccc1)N2. The first-order valence-corrected chi connectivity index (χ1v) is 6.11. The molecule has 0 saturated carbocycles. The molecule has 0 spiro atoms. The molecule has 1 atom stereocenters. The van der Waals surface area contributed by atoms with Gasteiger partial charge < -0.3 is 15.4 Å². The normalized spacial score (nSPS) is 17.3. The van der Waals surface area contributed by atoms with Crippen molar-refractivity contribution in [3.8, 4) is 5.75 Å². The lowest BCUT2D eigenvalue weighted by molar-refractivity contribution is 0.416. The van der Waals surface area contributed by atoms with Crippen LogP contribution in [-0.2, 0) is 0 Å². The predicted molar refractivity (Wildman–Crippen MR) is 74.3 cm³/mol. The van der Waals surface area contributed by atoms with E-state index in [1.54, 1.807) is 7.11 Å². The van der Waals surface area contributed by atoms with Crippen molar-refractivity contribution in [2.45, 2.75) is 6.04 Å². The molecule has 0 amide bonds. The van der Waals surface area contributed by atoms with Crippen molar-refractivity contribution in [3.05, 3.63) is 54.1 Å². The summed E-state index contributed by atoms with van der Waals surface area (Å²) >= 11 is 0. The zero-order valence-electron chi connectivity index (χ0n) is 10.3. The van der Waals surface area contributed by atoms with Gasteiger partial charge in [-0.25, -0.2) is 0 Å². The van der Waals surface area contributed by atoms with Gasteiger partial charge in [0.25, 0.3) is 0 Å². The Balaban J connectivity index is 1.90. The fourth-order valence-corrected chi connectivity index (χ4v) is 2.33. The molecule has 0 aliphatic carbocycles. The summed E-state index contributed by atoms with van der Waals surface area (Å²) in [5.41, 5.74) is 3.43.